The molecule has 0 radical (unpaired) electrons. The Bertz CT molecular complexity index is 589. The van der Waals surface area contributed by atoms with Gasteiger partial charge >= 0.3 is 24.0 Å². The second-order valence-corrected chi connectivity index (χ2v) is 9.00. The molecule has 0 aromatic heterocycles. The first-order valence-electron chi connectivity index (χ1n) is 12.0. The van der Waals surface area contributed by atoms with E-state index >= 15 is 0 Å². The zero-order valence-corrected chi connectivity index (χ0v) is 21.0. The van der Waals surface area contributed by atoms with Crippen molar-refractivity contribution in [2.24, 2.45) is 11.3 Å². The first kappa shape index (κ1) is 30.7. The number of carbonyl (C=O) groups excluding carboxylic acids is 4. The molecule has 9 nitrogen and oxygen atoms in total. The van der Waals surface area contributed by atoms with Crippen molar-refractivity contribution in [2.75, 3.05) is 33.0 Å². The monoisotopic (exact) mass is 473 g/mol. The maximum Gasteiger partial charge on any atom is 0.407 e. The lowest BCUT2D eigenvalue weighted by Gasteiger charge is -2.20. The topological polar surface area (TPSA) is 117 Å². The molecule has 192 valence electrons. The molecule has 0 aliphatic carbocycles. The quantitative estimate of drug-likeness (QED) is 0.179. The summed E-state index contributed by atoms with van der Waals surface area (Å²) in [4.78, 5) is 46.5. The van der Waals surface area contributed by atoms with Gasteiger partial charge in [-0.2, -0.15) is 0 Å². The van der Waals surface area contributed by atoms with Gasteiger partial charge in [-0.05, 0) is 58.3 Å². The average Bonchev–Trinajstić information content (AvgIpc) is 2.77. The zero-order chi connectivity index (χ0) is 25.1. The minimum absolute atomic E-state index is 0.0989. The third-order valence-corrected chi connectivity index (χ3v) is 4.92. The van der Waals surface area contributed by atoms with Crippen LogP contribution in [0.4, 0.5) is 4.79 Å². The van der Waals surface area contributed by atoms with Crippen molar-refractivity contribution < 1.29 is 38.1 Å². The van der Waals surface area contributed by atoms with Crippen molar-refractivity contribution in [3.63, 3.8) is 0 Å². The Labute approximate surface area is 198 Å². The molecule has 33 heavy (non-hydrogen) atoms. The molecule has 0 saturated carbocycles. The molecule has 9 heteroatoms. The summed E-state index contributed by atoms with van der Waals surface area (Å²) in [6.45, 7) is 10.8. The summed E-state index contributed by atoms with van der Waals surface area (Å²) >= 11 is 0. The number of alkyl carbamates (subject to hydrolysis) is 1. The molecule has 0 atom stereocenters. The molecule has 0 unspecified atom stereocenters. The molecule has 0 saturated heterocycles. The second-order valence-electron chi connectivity index (χ2n) is 9.00. The van der Waals surface area contributed by atoms with E-state index in [4.69, 9.17) is 18.9 Å². The van der Waals surface area contributed by atoms with E-state index in [-0.39, 0.29) is 37.7 Å². The van der Waals surface area contributed by atoms with Gasteiger partial charge in [-0.15, -0.1) is 0 Å². The number of hydrogen-bond donors (Lipinski definition) is 1. The third kappa shape index (κ3) is 17.9. The number of unbranched alkanes of at least 4 members (excludes halogenated alkanes) is 3. The van der Waals surface area contributed by atoms with Crippen molar-refractivity contribution in [1.29, 1.82) is 0 Å². The van der Waals surface area contributed by atoms with Crippen LogP contribution >= 0.6 is 0 Å². The van der Waals surface area contributed by atoms with E-state index in [1.807, 2.05) is 34.6 Å². The largest absolute Gasteiger partial charge is 0.466 e. The maximum absolute atomic E-state index is 11.8. The number of ether oxygens (including phenoxy) is 4. The van der Waals surface area contributed by atoms with E-state index in [1.165, 1.54) is 0 Å². The molecule has 0 rings (SSSR count). The number of carbonyl (C=O) groups is 4. The second kappa shape index (κ2) is 18.1. The van der Waals surface area contributed by atoms with Gasteiger partial charge in [0.2, 0.25) is 0 Å². The summed E-state index contributed by atoms with van der Waals surface area (Å²) in [5.41, 5.74) is -0.532. The van der Waals surface area contributed by atoms with Crippen LogP contribution in [-0.4, -0.2) is 57.0 Å². The molecular formula is C24H43NO8. The Balaban J connectivity index is 3.54. The predicted octanol–water partition coefficient (Wildman–Crippen LogP) is 4.17. The van der Waals surface area contributed by atoms with E-state index in [0.29, 0.717) is 64.1 Å². The highest BCUT2D eigenvalue weighted by molar-refractivity contribution is 5.75. The summed E-state index contributed by atoms with van der Waals surface area (Å²) < 4.78 is 20.4. The van der Waals surface area contributed by atoms with Crippen LogP contribution in [0, 0.1) is 11.3 Å². The van der Waals surface area contributed by atoms with Gasteiger partial charge in [-0.3, -0.25) is 14.4 Å². The summed E-state index contributed by atoms with van der Waals surface area (Å²) in [7, 11) is 0. The van der Waals surface area contributed by atoms with Crippen LogP contribution in [0.5, 0.6) is 0 Å². The highest BCUT2D eigenvalue weighted by Crippen LogP contribution is 2.21. The molecule has 0 bridgehead atoms. The lowest BCUT2D eigenvalue weighted by Crippen LogP contribution is -2.32. The molecule has 1 N–H and O–H groups in total. The van der Waals surface area contributed by atoms with Gasteiger partial charge in [0.25, 0.3) is 0 Å². The molecule has 1 amide bonds. The SMILES string of the molecule is CCC(C)(C)C(=O)OCCNC(=O)OCCCCCC(=O)OCCCCC(=O)OCC(C)C. The highest BCUT2D eigenvalue weighted by Gasteiger charge is 2.26. The van der Waals surface area contributed by atoms with Crippen LogP contribution in [-0.2, 0) is 33.3 Å². The Morgan fingerprint density at radius 2 is 1.33 bits per heavy atom. The normalized spacial score (nSPS) is 11.1. The van der Waals surface area contributed by atoms with Crippen LogP contribution in [0.25, 0.3) is 0 Å². The third-order valence-electron chi connectivity index (χ3n) is 4.92. The highest BCUT2D eigenvalue weighted by atomic mass is 16.6. The van der Waals surface area contributed by atoms with Gasteiger partial charge in [0, 0.05) is 12.8 Å². The van der Waals surface area contributed by atoms with Gasteiger partial charge in [0.15, 0.2) is 0 Å². The number of rotatable bonds is 18. The van der Waals surface area contributed by atoms with E-state index in [2.05, 4.69) is 5.32 Å². The Hall–Kier alpha value is -2.32. The lowest BCUT2D eigenvalue weighted by molar-refractivity contribution is -0.154. The molecule has 0 fully saturated rings. The summed E-state index contributed by atoms with van der Waals surface area (Å²) in [6.07, 6.45) is 4.02. The Morgan fingerprint density at radius 1 is 0.758 bits per heavy atom. The number of hydrogen-bond acceptors (Lipinski definition) is 8. The maximum atomic E-state index is 11.8. The lowest BCUT2D eigenvalue weighted by atomic mass is 9.91. The van der Waals surface area contributed by atoms with Crippen molar-refractivity contribution in [3.8, 4) is 0 Å². The van der Waals surface area contributed by atoms with E-state index in [1.54, 1.807) is 0 Å². The van der Waals surface area contributed by atoms with Crippen LogP contribution < -0.4 is 5.32 Å². The van der Waals surface area contributed by atoms with Crippen molar-refractivity contribution in [3.05, 3.63) is 0 Å². The summed E-state index contributed by atoms with van der Waals surface area (Å²) in [6, 6.07) is 0. The molecule has 0 aromatic carbocycles. The fraction of sp³-hybridized carbons (Fsp3) is 0.833. The fourth-order valence-corrected chi connectivity index (χ4v) is 2.36. The Morgan fingerprint density at radius 3 is 1.97 bits per heavy atom. The van der Waals surface area contributed by atoms with Crippen LogP contribution in [0.1, 0.15) is 86.0 Å². The predicted molar refractivity (Wildman–Crippen MR) is 123 cm³/mol. The molecular weight excluding hydrogens is 430 g/mol. The van der Waals surface area contributed by atoms with Crippen LogP contribution in [0.3, 0.4) is 0 Å². The zero-order valence-electron chi connectivity index (χ0n) is 21.0. The molecule has 0 aliphatic rings. The minimum Gasteiger partial charge on any atom is -0.466 e. The van der Waals surface area contributed by atoms with Crippen LogP contribution in [0.2, 0.25) is 0 Å². The van der Waals surface area contributed by atoms with E-state index in [0.717, 1.165) is 6.42 Å². The van der Waals surface area contributed by atoms with E-state index in [9.17, 15) is 19.2 Å². The molecule has 0 spiro atoms. The average molecular weight is 474 g/mol. The van der Waals surface area contributed by atoms with Crippen molar-refractivity contribution in [1.82, 2.24) is 5.32 Å². The first-order chi connectivity index (χ1) is 15.6. The van der Waals surface area contributed by atoms with Gasteiger partial charge < -0.3 is 24.3 Å². The van der Waals surface area contributed by atoms with Crippen LogP contribution in [0.15, 0.2) is 0 Å². The number of nitrogens with one attached hydrogen (secondary N) is 1. The van der Waals surface area contributed by atoms with Gasteiger partial charge in [0.05, 0.1) is 31.8 Å². The van der Waals surface area contributed by atoms with Gasteiger partial charge in [0.1, 0.15) is 6.61 Å². The fourth-order valence-electron chi connectivity index (χ4n) is 2.36. The van der Waals surface area contributed by atoms with Gasteiger partial charge in [-0.1, -0.05) is 20.8 Å². The first-order valence-corrected chi connectivity index (χ1v) is 12.0. The van der Waals surface area contributed by atoms with Crippen molar-refractivity contribution >= 4 is 24.0 Å². The van der Waals surface area contributed by atoms with Crippen molar-refractivity contribution in [2.45, 2.75) is 86.0 Å². The molecule has 0 aliphatic heterocycles. The molecule has 0 aromatic rings. The number of esters is 3. The number of amides is 1. The Kier molecular flexibility index (Phi) is 16.9. The minimum atomic E-state index is -0.562. The van der Waals surface area contributed by atoms with E-state index < -0.39 is 11.5 Å². The van der Waals surface area contributed by atoms with Gasteiger partial charge in [-0.25, -0.2) is 4.79 Å². The smallest absolute Gasteiger partial charge is 0.407 e. The molecule has 0 heterocycles. The summed E-state index contributed by atoms with van der Waals surface area (Å²) in [5.74, 6) is -0.456. The standard InChI is InChI=1S/C24H43NO8/c1-6-24(4,5)22(28)31-17-14-25-23(29)32-16-10-7-8-12-20(26)30-15-11-9-13-21(27)33-18-19(2)3/h19H,6-18H2,1-5H3,(H,25,29). The summed E-state index contributed by atoms with van der Waals surface area (Å²) in [5, 5.41) is 2.53.